The molecule has 2 amide bonds. The number of aromatic nitrogens is 4. The zero-order valence-corrected chi connectivity index (χ0v) is 22.3. The van der Waals surface area contributed by atoms with Gasteiger partial charge in [0.2, 0.25) is 5.95 Å². The fraction of sp³-hybridized carbons (Fsp3) is 0.571. The average molecular weight is 536 g/mol. The Morgan fingerprint density at radius 3 is 2.31 bits per heavy atom. The summed E-state index contributed by atoms with van der Waals surface area (Å²) in [7, 11) is 0. The van der Waals surface area contributed by atoms with Crippen molar-refractivity contribution in [2.45, 2.75) is 88.4 Å². The summed E-state index contributed by atoms with van der Waals surface area (Å²) in [6, 6.07) is 6.86. The first-order valence-corrected chi connectivity index (χ1v) is 14.4. The maximum Gasteiger partial charge on any atom is 0.321 e. The van der Waals surface area contributed by atoms with Gasteiger partial charge in [-0.2, -0.15) is 9.97 Å². The van der Waals surface area contributed by atoms with E-state index in [1.807, 2.05) is 6.33 Å². The van der Waals surface area contributed by atoms with Crippen molar-refractivity contribution in [1.29, 1.82) is 0 Å². The standard InChI is InChI=1S/C28H38FN9O/c29-18-5-9-21(10-6-18)34-28(39)37-15-13-22(14-16-37)32-25-24-26(38(17-31-24)23-3-1-2-4-23)36-27(35-25)33-20-11-7-19(30)8-12-20/h5-6,9-10,17,19-20,22-23H,1-4,7-8,11-16,30H2,(H,34,39)(H2,32,33,35,36). The Labute approximate surface area is 228 Å². The summed E-state index contributed by atoms with van der Waals surface area (Å²) in [5.74, 6) is 1.07. The lowest BCUT2D eigenvalue weighted by Crippen LogP contribution is -2.44. The summed E-state index contributed by atoms with van der Waals surface area (Å²) in [4.78, 5) is 29.1. The predicted molar refractivity (Wildman–Crippen MR) is 150 cm³/mol. The lowest BCUT2D eigenvalue weighted by molar-refractivity contribution is 0.197. The molecule has 2 aliphatic carbocycles. The Hall–Kier alpha value is -3.47. The number of amides is 2. The number of piperidine rings is 1. The molecule has 3 fully saturated rings. The molecule has 3 heterocycles. The van der Waals surface area contributed by atoms with Crippen LogP contribution in [0.15, 0.2) is 30.6 Å². The molecule has 3 aliphatic rings. The van der Waals surface area contributed by atoms with Crippen LogP contribution in [0.4, 0.5) is 26.6 Å². The molecule has 3 aromatic rings. The topological polar surface area (TPSA) is 126 Å². The van der Waals surface area contributed by atoms with E-state index in [0.29, 0.717) is 36.8 Å². The zero-order valence-electron chi connectivity index (χ0n) is 22.3. The monoisotopic (exact) mass is 535 g/mol. The maximum absolute atomic E-state index is 13.2. The Morgan fingerprint density at radius 1 is 0.897 bits per heavy atom. The van der Waals surface area contributed by atoms with Gasteiger partial charge in [-0.25, -0.2) is 14.2 Å². The van der Waals surface area contributed by atoms with Gasteiger partial charge in [0.15, 0.2) is 17.0 Å². The number of carbonyl (C=O) groups excluding carboxylic acids is 1. The molecule has 6 rings (SSSR count). The lowest BCUT2D eigenvalue weighted by atomic mass is 9.92. The molecule has 0 radical (unpaired) electrons. The quantitative estimate of drug-likeness (QED) is 0.355. The third kappa shape index (κ3) is 5.93. The van der Waals surface area contributed by atoms with E-state index in [1.54, 1.807) is 17.0 Å². The highest BCUT2D eigenvalue weighted by Gasteiger charge is 2.27. The van der Waals surface area contributed by atoms with Crippen LogP contribution in [0.25, 0.3) is 11.2 Å². The average Bonchev–Trinajstić information content (AvgIpc) is 3.62. The molecular formula is C28H38FN9O. The summed E-state index contributed by atoms with van der Waals surface area (Å²) < 4.78 is 15.4. The summed E-state index contributed by atoms with van der Waals surface area (Å²) in [5.41, 5.74) is 8.38. The van der Waals surface area contributed by atoms with Crippen LogP contribution in [0.2, 0.25) is 0 Å². The van der Waals surface area contributed by atoms with Gasteiger partial charge in [0.05, 0.1) is 6.33 Å². The molecule has 39 heavy (non-hydrogen) atoms. The number of nitrogens with one attached hydrogen (secondary N) is 3. The Kier molecular flexibility index (Phi) is 7.49. The molecule has 1 aliphatic heterocycles. The van der Waals surface area contributed by atoms with Crippen LogP contribution >= 0.6 is 0 Å². The highest BCUT2D eigenvalue weighted by atomic mass is 19.1. The third-order valence-electron chi connectivity index (χ3n) is 8.46. The number of hydrogen-bond donors (Lipinski definition) is 4. The number of fused-ring (bicyclic) bond motifs is 1. The Balaban J connectivity index is 1.15. The zero-order chi connectivity index (χ0) is 26.8. The fourth-order valence-electron chi connectivity index (χ4n) is 6.13. The van der Waals surface area contributed by atoms with Crippen LogP contribution in [0, 0.1) is 5.82 Å². The van der Waals surface area contributed by atoms with Crippen molar-refractivity contribution in [2.75, 3.05) is 29.0 Å². The van der Waals surface area contributed by atoms with Crippen molar-refractivity contribution in [3.05, 3.63) is 36.4 Å². The van der Waals surface area contributed by atoms with Crippen LogP contribution < -0.4 is 21.7 Å². The number of carbonyl (C=O) groups is 1. The Morgan fingerprint density at radius 2 is 1.59 bits per heavy atom. The van der Waals surface area contributed by atoms with Gasteiger partial charge < -0.3 is 31.2 Å². The number of urea groups is 1. The normalized spacial score (nSPS) is 22.8. The maximum atomic E-state index is 13.2. The van der Waals surface area contributed by atoms with E-state index in [4.69, 9.17) is 20.7 Å². The molecule has 208 valence electrons. The minimum absolute atomic E-state index is 0.162. The lowest BCUT2D eigenvalue weighted by Gasteiger charge is -2.32. The number of likely N-dealkylation sites (tertiary alicyclic amines) is 1. The Bertz CT molecular complexity index is 1270. The third-order valence-corrected chi connectivity index (χ3v) is 8.46. The van der Waals surface area contributed by atoms with Crippen LogP contribution in [0.5, 0.6) is 0 Å². The van der Waals surface area contributed by atoms with E-state index in [1.165, 1.54) is 25.0 Å². The van der Waals surface area contributed by atoms with E-state index >= 15 is 0 Å². The van der Waals surface area contributed by atoms with Crippen LogP contribution in [0.1, 0.15) is 70.3 Å². The number of anilines is 3. The van der Waals surface area contributed by atoms with Gasteiger partial charge in [0, 0.05) is 42.9 Å². The molecule has 0 bridgehead atoms. The molecule has 5 N–H and O–H groups in total. The second kappa shape index (κ2) is 11.3. The molecule has 2 aromatic heterocycles. The molecule has 0 unspecified atom stereocenters. The molecular weight excluding hydrogens is 497 g/mol. The highest BCUT2D eigenvalue weighted by Crippen LogP contribution is 2.34. The van der Waals surface area contributed by atoms with E-state index < -0.39 is 0 Å². The number of rotatable bonds is 6. The van der Waals surface area contributed by atoms with Gasteiger partial charge in [-0.1, -0.05) is 12.8 Å². The fourth-order valence-corrected chi connectivity index (χ4v) is 6.13. The summed E-state index contributed by atoms with van der Waals surface area (Å²) in [5, 5.41) is 10.1. The molecule has 2 saturated carbocycles. The number of hydrogen-bond acceptors (Lipinski definition) is 7. The number of benzene rings is 1. The first kappa shape index (κ1) is 25.8. The van der Waals surface area contributed by atoms with Gasteiger partial charge in [-0.3, -0.25) is 0 Å². The van der Waals surface area contributed by atoms with Gasteiger partial charge in [-0.15, -0.1) is 0 Å². The van der Waals surface area contributed by atoms with Gasteiger partial charge >= 0.3 is 6.03 Å². The molecule has 1 saturated heterocycles. The molecule has 1 aromatic carbocycles. The molecule has 0 spiro atoms. The van der Waals surface area contributed by atoms with Crippen molar-refractivity contribution in [1.82, 2.24) is 24.4 Å². The van der Waals surface area contributed by atoms with E-state index in [2.05, 4.69) is 20.5 Å². The van der Waals surface area contributed by atoms with Gasteiger partial charge in [0.25, 0.3) is 0 Å². The first-order valence-electron chi connectivity index (χ1n) is 14.4. The highest BCUT2D eigenvalue weighted by molar-refractivity contribution is 5.89. The summed E-state index contributed by atoms with van der Waals surface area (Å²) in [6.07, 6.45) is 12.3. The van der Waals surface area contributed by atoms with Gasteiger partial charge in [0.1, 0.15) is 5.82 Å². The second-order valence-corrected chi connectivity index (χ2v) is 11.3. The van der Waals surface area contributed by atoms with Crippen molar-refractivity contribution >= 4 is 34.6 Å². The van der Waals surface area contributed by atoms with Crippen LogP contribution in [-0.2, 0) is 0 Å². The first-order chi connectivity index (χ1) is 19.0. The number of nitrogens with zero attached hydrogens (tertiary/aromatic N) is 5. The molecule has 10 nitrogen and oxygen atoms in total. The van der Waals surface area contributed by atoms with E-state index in [9.17, 15) is 9.18 Å². The predicted octanol–water partition coefficient (Wildman–Crippen LogP) is 4.87. The largest absolute Gasteiger partial charge is 0.365 e. The van der Waals surface area contributed by atoms with E-state index in [0.717, 1.165) is 68.3 Å². The second-order valence-electron chi connectivity index (χ2n) is 11.3. The van der Waals surface area contributed by atoms with Crippen molar-refractivity contribution in [3.8, 4) is 0 Å². The van der Waals surface area contributed by atoms with Crippen molar-refractivity contribution in [2.24, 2.45) is 5.73 Å². The number of halogens is 1. The van der Waals surface area contributed by atoms with Crippen LogP contribution in [-0.4, -0.2) is 61.7 Å². The van der Waals surface area contributed by atoms with E-state index in [-0.39, 0.29) is 23.9 Å². The summed E-state index contributed by atoms with van der Waals surface area (Å²) >= 11 is 0. The van der Waals surface area contributed by atoms with Crippen LogP contribution in [0.3, 0.4) is 0 Å². The van der Waals surface area contributed by atoms with Crippen molar-refractivity contribution in [3.63, 3.8) is 0 Å². The summed E-state index contributed by atoms with van der Waals surface area (Å²) in [6.45, 7) is 1.23. The SMILES string of the molecule is NC1CCC(Nc2nc(NC3CCN(C(=O)Nc4ccc(F)cc4)CC3)c3ncn(C4CCCC4)c3n2)CC1. The smallest absolute Gasteiger partial charge is 0.321 e. The number of imidazole rings is 1. The minimum atomic E-state index is -0.326. The van der Waals surface area contributed by atoms with Gasteiger partial charge in [-0.05, 0) is 75.6 Å². The molecule has 11 heteroatoms. The molecule has 0 atom stereocenters. The minimum Gasteiger partial charge on any atom is -0.365 e. The number of nitrogens with two attached hydrogens (primary N) is 1. The van der Waals surface area contributed by atoms with Crippen molar-refractivity contribution < 1.29 is 9.18 Å².